The summed E-state index contributed by atoms with van der Waals surface area (Å²) in [6.45, 7) is 3.54. The first-order valence-corrected chi connectivity index (χ1v) is 8.11. The summed E-state index contributed by atoms with van der Waals surface area (Å²) in [6, 6.07) is 0. The number of rotatable bonds is 14. The lowest BCUT2D eigenvalue weighted by atomic mass is 10.1. The fourth-order valence-corrected chi connectivity index (χ4v) is 1.83. The second kappa shape index (κ2) is 16.7. The van der Waals surface area contributed by atoms with E-state index in [1.807, 2.05) is 6.08 Å². The molecule has 0 aliphatic carbocycles. The molecular weight excluding hydrogens is 264 g/mol. The average Bonchev–Trinajstić information content (AvgIpc) is 2.46. The van der Waals surface area contributed by atoms with Gasteiger partial charge in [0.25, 0.3) is 0 Å². The van der Waals surface area contributed by atoms with Gasteiger partial charge in [-0.15, -0.1) is 5.73 Å². The van der Waals surface area contributed by atoms with Gasteiger partial charge in [-0.2, -0.15) is 0 Å². The molecule has 0 aliphatic heterocycles. The van der Waals surface area contributed by atoms with Crippen LogP contribution in [0.1, 0.15) is 64.7 Å². The summed E-state index contributed by atoms with van der Waals surface area (Å²) in [4.78, 5) is 10.2. The Labute approximate surface area is 129 Å². The van der Waals surface area contributed by atoms with Gasteiger partial charge in [0.1, 0.15) is 0 Å². The van der Waals surface area contributed by atoms with Gasteiger partial charge in [-0.3, -0.25) is 4.79 Å². The third-order valence-electron chi connectivity index (χ3n) is 3.02. The molecule has 0 fully saturated rings. The van der Waals surface area contributed by atoms with Crippen molar-refractivity contribution < 1.29 is 14.6 Å². The van der Waals surface area contributed by atoms with E-state index in [2.05, 4.69) is 24.8 Å². The average molecular weight is 294 g/mol. The Kier molecular flexibility index (Phi) is 15.7. The van der Waals surface area contributed by atoms with E-state index in [0.717, 1.165) is 12.8 Å². The Balaban J connectivity index is 3.25. The summed E-state index contributed by atoms with van der Waals surface area (Å²) in [5.74, 6) is -0.831. The van der Waals surface area contributed by atoms with Crippen molar-refractivity contribution in [3.8, 4) is 0 Å². The number of unbranched alkanes of at least 4 members (excludes halogenated alkanes) is 6. The van der Waals surface area contributed by atoms with Gasteiger partial charge in [0.05, 0.1) is 19.6 Å². The van der Waals surface area contributed by atoms with E-state index in [9.17, 15) is 4.79 Å². The number of carboxylic acid groups (broad SMARTS) is 1. The van der Waals surface area contributed by atoms with Crippen molar-refractivity contribution in [3.63, 3.8) is 0 Å². The minimum Gasteiger partial charge on any atom is -0.481 e. The van der Waals surface area contributed by atoms with Crippen molar-refractivity contribution in [2.24, 2.45) is 0 Å². The monoisotopic (exact) mass is 294 g/mol. The Hall–Kier alpha value is -1.31. The Morgan fingerprint density at radius 1 is 1.05 bits per heavy atom. The zero-order valence-electron chi connectivity index (χ0n) is 13.4. The molecule has 120 valence electrons. The van der Waals surface area contributed by atoms with Crippen LogP contribution in [0.25, 0.3) is 0 Å². The van der Waals surface area contributed by atoms with Crippen molar-refractivity contribution in [2.75, 3.05) is 13.2 Å². The number of hydrogen-bond acceptors (Lipinski definition) is 2. The van der Waals surface area contributed by atoms with Crippen LogP contribution >= 0.6 is 0 Å². The predicted octanol–water partition coefficient (Wildman–Crippen LogP) is 4.89. The summed E-state index contributed by atoms with van der Waals surface area (Å²) in [5.41, 5.74) is 2.83. The van der Waals surface area contributed by atoms with E-state index in [1.165, 1.54) is 44.6 Å². The van der Waals surface area contributed by atoms with Gasteiger partial charge in [0.15, 0.2) is 0 Å². The maximum absolute atomic E-state index is 10.2. The lowest BCUT2D eigenvalue weighted by Crippen LogP contribution is -1.92. The maximum atomic E-state index is 10.2. The zero-order chi connectivity index (χ0) is 15.6. The van der Waals surface area contributed by atoms with Gasteiger partial charge in [0, 0.05) is 0 Å². The summed E-state index contributed by atoms with van der Waals surface area (Å²) in [6.07, 6.45) is 17.6. The first kappa shape index (κ1) is 19.7. The largest absolute Gasteiger partial charge is 0.481 e. The lowest BCUT2D eigenvalue weighted by Gasteiger charge is -1.98. The summed E-state index contributed by atoms with van der Waals surface area (Å²) in [7, 11) is 0. The number of allylic oxidation sites excluding steroid dienone is 1. The number of carboxylic acids is 1. The number of carbonyl (C=O) groups is 1. The van der Waals surface area contributed by atoms with Gasteiger partial charge in [-0.05, 0) is 31.4 Å². The molecule has 0 radical (unpaired) electrons. The molecule has 1 N–H and O–H groups in total. The normalized spacial score (nSPS) is 10.5. The molecule has 0 atom stereocenters. The molecule has 3 nitrogen and oxygen atoms in total. The molecule has 0 unspecified atom stereocenters. The number of hydrogen-bond donors (Lipinski definition) is 1. The standard InChI is InChI=1S/C18H30O3/c1-2-3-4-5-6-7-8-10-13-16-21-17-14-11-9-12-15-18(19)20/h10-13H,2-8,14-17H2,1H3,(H,19,20). The minimum absolute atomic E-state index is 0.0263. The fourth-order valence-electron chi connectivity index (χ4n) is 1.83. The molecule has 0 saturated carbocycles. The topological polar surface area (TPSA) is 46.5 Å². The van der Waals surface area contributed by atoms with Gasteiger partial charge < -0.3 is 9.84 Å². The van der Waals surface area contributed by atoms with Crippen LogP contribution in [0, 0.1) is 0 Å². The highest BCUT2D eigenvalue weighted by molar-refractivity contribution is 5.68. The van der Waals surface area contributed by atoms with Crippen molar-refractivity contribution in [1.29, 1.82) is 0 Å². The molecule has 0 heterocycles. The van der Waals surface area contributed by atoms with Crippen LogP contribution < -0.4 is 0 Å². The molecule has 0 rings (SSSR count). The molecule has 0 spiro atoms. The highest BCUT2D eigenvalue weighted by Gasteiger charge is 1.88. The van der Waals surface area contributed by atoms with E-state index in [-0.39, 0.29) is 6.42 Å². The van der Waals surface area contributed by atoms with Gasteiger partial charge in [0.2, 0.25) is 0 Å². The minimum atomic E-state index is -0.831. The predicted molar refractivity (Wildman–Crippen MR) is 87.5 cm³/mol. The Bertz CT molecular complexity index is 325. The fraction of sp³-hybridized carbons (Fsp3) is 0.667. The maximum Gasteiger partial charge on any atom is 0.307 e. The SMILES string of the molecule is CCCCCCCCC=CCOCCC=C=CCC(=O)O. The van der Waals surface area contributed by atoms with E-state index in [0.29, 0.717) is 13.2 Å². The van der Waals surface area contributed by atoms with Crippen molar-refractivity contribution >= 4 is 5.97 Å². The van der Waals surface area contributed by atoms with Gasteiger partial charge in [-0.25, -0.2) is 0 Å². The van der Waals surface area contributed by atoms with E-state index >= 15 is 0 Å². The number of aliphatic carboxylic acids is 1. The van der Waals surface area contributed by atoms with Crippen molar-refractivity contribution in [1.82, 2.24) is 0 Å². The third kappa shape index (κ3) is 18.7. The Morgan fingerprint density at radius 2 is 1.81 bits per heavy atom. The zero-order valence-corrected chi connectivity index (χ0v) is 13.4. The van der Waals surface area contributed by atoms with Crippen LogP contribution in [0.5, 0.6) is 0 Å². The molecular formula is C18H30O3. The van der Waals surface area contributed by atoms with E-state index in [1.54, 1.807) is 0 Å². The molecule has 21 heavy (non-hydrogen) atoms. The van der Waals surface area contributed by atoms with Gasteiger partial charge >= 0.3 is 5.97 Å². The van der Waals surface area contributed by atoms with Crippen LogP contribution in [-0.4, -0.2) is 24.3 Å². The number of ether oxygens (including phenoxy) is 1. The van der Waals surface area contributed by atoms with Crippen molar-refractivity contribution in [3.05, 3.63) is 30.0 Å². The highest BCUT2D eigenvalue weighted by atomic mass is 16.5. The summed E-state index contributed by atoms with van der Waals surface area (Å²) < 4.78 is 5.43. The molecule has 0 aromatic rings. The molecule has 0 saturated heterocycles. The lowest BCUT2D eigenvalue weighted by molar-refractivity contribution is -0.135. The molecule has 0 amide bonds. The third-order valence-corrected chi connectivity index (χ3v) is 3.02. The summed E-state index contributed by atoms with van der Waals surface area (Å²) >= 11 is 0. The second-order valence-corrected chi connectivity index (χ2v) is 5.06. The molecule has 0 aromatic carbocycles. The van der Waals surface area contributed by atoms with Crippen LogP contribution in [0.2, 0.25) is 0 Å². The molecule has 3 heteroatoms. The molecule has 0 aromatic heterocycles. The Morgan fingerprint density at radius 3 is 2.57 bits per heavy atom. The summed E-state index contributed by atoms with van der Waals surface area (Å²) in [5, 5.41) is 8.41. The molecule has 0 aliphatic rings. The van der Waals surface area contributed by atoms with Crippen LogP contribution in [0.15, 0.2) is 30.0 Å². The second-order valence-electron chi connectivity index (χ2n) is 5.06. The van der Waals surface area contributed by atoms with E-state index < -0.39 is 5.97 Å². The highest BCUT2D eigenvalue weighted by Crippen LogP contribution is 2.07. The first-order valence-electron chi connectivity index (χ1n) is 8.11. The van der Waals surface area contributed by atoms with Gasteiger partial charge in [-0.1, -0.05) is 51.2 Å². The van der Waals surface area contributed by atoms with Crippen molar-refractivity contribution in [2.45, 2.75) is 64.7 Å². The van der Waals surface area contributed by atoms with E-state index in [4.69, 9.17) is 9.84 Å². The van der Waals surface area contributed by atoms with Crippen LogP contribution in [0.4, 0.5) is 0 Å². The quantitative estimate of drug-likeness (QED) is 0.282. The molecule has 0 bridgehead atoms. The van der Waals surface area contributed by atoms with Crippen LogP contribution in [-0.2, 0) is 9.53 Å². The smallest absolute Gasteiger partial charge is 0.307 e. The van der Waals surface area contributed by atoms with Crippen LogP contribution in [0.3, 0.4) is 0 Å². The first-order chi connectivity index (χ1) is 10.3.